The first-order valence-electron chi connectivity index (χ1n) is 15.3. The van der Waals surface area contributed by atoms with Gasteiger partial charge in [0, 0.05) is 18.2 Å². The summed E-state index contributed by atoms with van der Waals surface area (Å²) in [7, 11) is 0. The maximum atomic E-state index is 13.6. The molecule has 1 aliphatic carbocycles. The lowest BCUT2D eigenvalue weighted by atomic mass is 9.84. The van der Waals surface area contributed by atoms with E-state index < -0.39 is 53.0 Å². The van der Waals surface area contributed by atoms with Crippen LogP contribution in [0.2, 0.25) is 0 Å². The Kier molecular flexibility index (Phi) is 14.5. The van der Waals surface area contributed by atoms with Crippen molar-refractivity contribution in [2.45, 2.75) is 64.1 Å². The Balaban J connectivity index is 1.73. The number of non-ortho nitro benzene ring substituents is 1. The van der Waals surface area contributed by atoms with Crippen LogP contribution in [0.3, 0.4) is 0 Å². The number of carbonyl (C=O) groups excluding carboxylic acids is 5. The van der Waals surface area contributed by atoms with Crippen LogP contribution in [0.5, 0.6) is 0 Å². The van der Waals surface area contributed by atoms with Crippen molar-refractivity contribution in [1.29, 1.82) is 0 Å². The number of hydrogen-bond acceptors (Lipinski definition) is 9. The van der Waals surface area contributed by atoms with Crippen LogP contribution in [-0.2, 0) is 40.1 Å². The second-order valence-electron chi connectivity index (χ2n) is 10.9. The van der Waals surface area contributed by atoms with Gasteiger partial charge in [0.15, 0.2) is 0 Å². The summed E-state index contributed by atoms with van der Waals surface area (Å²) in [6, 6.07) is 12.3. The number of nitrogens with zero attached hydrogens (tertiary/aromatic N) is 1. The molecule has 0 aromatic heterocycles. The molecule has 0 spiro atoms. The predicted octanol–water partition coefficient (Wildman–Crippen LogP) is 3.01. The fourth-order valence-corrected chi connectivity index (χ4v) is 5.02. The van der Waals surface area contributed by atoms with Gasteiger partial charge in [-0.15, -0.1) is 0 Å². The minimum Gasteiger partial charge on any atom is -0.465 e. The average molecular weight is 637 g/mol. The third kappa shape index (κ3) is 12.2. The number of benzene rings is 2. The Bertz CT molecular complexity index is 1370. The van der Waals surface area contributed by atoms with Crippen LogP contribution in [0.1, 0.15) is 56.6 Å². The summed E-state index contributed by atoms with van der Waals surface area (Å²) in [5.74, 6) is -3.92. The van der Waals surface area contributed by atoms with Crippen LogP contribution in [0.15, 0.2) is 60.7 Å². The first-order valence-corrected chi connectivity index (χ1v) is 15.3. The summed E-state index contributed by atoms with van der Waals surface area (Å²) in [5.41, 5.74) is 1.27. The van der Waals surface area contributed by atoms with Crippen molar-refractivity contribution in [2.75, 3.05) is 19.8 Å². The first kappa shape index (κ1) is 35.6. The van der Waals surface area contributed by atoms with E-state index in [-0.39, 0.29) is 31.4 Å². The molecule has 46 heavy (non-hydrogen) atoms. The van der Waals surface area contributed by atoms with Gasteiger partial charge in [-0.1, -0.05) is 62.4 Å². The number of ketones is 1. The molecule has 0 unspecified atom stereocenters. The van der Waals surface area contributed by atoms with Gasteiger partial charge in [0.25, 0.3) is 11.6 Å². The van der Waals surface area contributed by atoms with E-state index in [1.165, 1.54) is 36.4 Å². The van der Waals surface area contributed by atoms with E-state index in [4.69, 9.17) is 9.47 Å². The molecule has 1 aliphatic rings. The molecule has 2 atom stereocenters. The van der Waals surface area contributed by atoms with E-state index in [1.54, 1.807) is 6.92 Å². The van der Waals surface area contributed by atoms with Crippen molar-refractivity contribution in [3.63, 3.8) is 0 Å². The molecule has 0 heterocycles. The van der Waals surface area contributed by atoms with Crippen LogP contribution in [0.25, 0.3) is 6.08 Å². The number of rotatable bonds is 17. The highest BCUT2D eigenvalue weighted by Gasteiger charge is 2.32. The summed E-state index contributed by atoms with van der Waals surface area (Å²) in [6.07, 6.45) is 7.87. The van der Waals surface area contributed by atoms with Gasteiger partial charge >= 0.3 is 5.97 Å². The molecule has 0 radical (unpaired) electrons. The predicted molar refractivity (Wildman–Crippen MR) is 168 cm³/mol. The molecule has 3 rings (SSSR count). The van der Waals surface area contributed by atoms with Gasteiger partial charge < -0.3 is 25.4 Å². The molecule has 1 fully saturated rings. The lowest BCUT2D eigenvalue weighted by molar-refractivity contribution is -0.384. The fraction of sp³-hybridized carbons (Fsp3) is 0.424. The number of ether oxygens (including phenoxy) is 2. The van der Waals surface area contributed by atoms with Gasteiger partial charge in [-0.05, 0) is 48.6 Å². The van der Waals surface area contributed by atoms with Gasteiger partial charge in [-0.25, -0.2) is 0 Å². The van der Waals surface area contributed by atoms with E-state index in [9.17, 15) is 34.1 Å². The summed E-state index contributed by atoms with van der Waals surface area (Å²) < 4.78 is 10.5. The molecule has 0 saturated heterocycles. The van der Waals surface area contributed by atoms with Crippen molar-refractivity contribution in [2.24, 2.45) is 5.92 Å². The summed E-state index contributed by atoms with van der Waals surface area (Å²) in [4.78, 5) is 74.4. The van der Waals surface area contributed by atoms with Crippen molar-refractivity contribution >= 4 is 41.2 Å². The van der Waals surface area contributed by atoms with Crippen molar-refractivity contribution in [1.82, 2.24) is 16.0 Å². The van der Waals surface area contributed by atoms with Gasteiger partial charge in [-0.2, -0.15) is 0 Å². The molecular weight excluding hydrogens is 596 g/mol. The van der Waals surface area contributed by atoms with E-state index in [2.05, 4.69) is 16.0 Å². The molecule has 13 nitrogen and oxygen atoms in total. The highest BCUT2D eigenvalue weighted by atomic mass is 16.6. The van der Waals surface area contributed by atoms with Crippen LogP contribution in [0.4, 0.5) is 5.69 Å². The molecule has 246 valence electrons. The summed E-state index contributed by atoms with van der Waals surface area (Å²) in [5, 5.41) is 18.4. The number of carbonyl (C=O) groups is 5. The molecule has 1 saturated carbocycles. The summed E-state index contributed by atoms with van der Waals surface area (Å²) in [6.45, 7) is 0.961. The van der Waals surface area contributed by atoms with Crippen LogP contribution in [-0.4, -0.2) is 66.2 Å². The van der Waals surface area contributed by atoms with E-state index >= 15 is 0 Å². The quantitative estimate of drug-likeness (QED) is 0.0772. The zero-order chi connectivity index (χ0) is 33.3. The molecular formula is C33H40N4O9. The number of nitro groups is 1. The van der Waals surface area contributed by atoms with Gasteiger partial charge in [0.2, 0.25) is 17.6 Å². The highest BCUT2D eigenvalue weighted by Crippen LogP contribution is 2.27. The Morgan fingerprint density at radius 2 is 1.65 bits per heavy atom. The Morgan fingerprint density at radius 1 is 0.957 bits per heavy atom. The fourth-order valence-electron chi connectivity index (χ4n) is 5.02. The van der Waals surface area contributed by atoms with Gasteiger partial charge in [0.1, 0.15) is 18.6 Å². The minimum atomic E-state index is -1.40. The largest absolute Gasteiger partial charge is 0.465 e. The third-order valence-corrected chi connectivity index (χ3v) is 7.41. The molecule has 0 aliphatic heterocycles. The Labute approximate surface area is 267 Å². The minimum absolute atomic E-state index is 0.0859. The number of esters is 1. The van der Waals surface area contributed by atoms with Crippen LogP contribution >= 0.6 is 0 Å². The highest BCUT2D eigenvalue weighted by molar-refractivity contribution is 6.38. The third-order valence-electron chi connectivity index (χ3n) is 7.41. The second kappa shape index (κ2) is 18.8. The normalized spacial score (nSPS) is 14.5. The van der Waals surface area contributed by atoms with Crippen molar-refractivity contribution in [3.8, 4) is 0 Å². The Morgan fingerprint density at radius 3 is 2.30 bits per heavy atom. The van der Waals surface area contributed by atoms with Crippen LogP contribution < -0.4 is 16.0 Å². The lowest BCUT2D eigenvalue weighted by Gasteiger charge is -2.27. The average Bonchev–Trinajstić information content (AvgIpc) is 3.06. The van der Waals surface area contributed by atoms with Crippen LogP contribution in [0, 0.1) is 16.0 Å². The zero-order valence-corrected chi connectivity index (χ0v) is 25.8. The summed E-state index contributed by atoms with van der Waals surface area (Å²) >= 11 is 0. The maximum Gasteiger partial charge on any atom is 0.325 e. The topological polar surface area (TPSA) is 183 Å². The van der Waals surface area contributed by atoms with E-state index in [0.717, 1.165) is 37.7 Å². The van der Waals surface area contributed by atoms with Gasteiger partial charge in [0.05, 0.1) is 24.7 Å². The zero-order valence-electron chi connectivity index (χ0n) is 25.8. The van der Waals surface area contributed by atoms with Crippen molar-refractivity contribution < 1.29 is 38.4 Å². The standard InChI is InChI=1S/C33H40N4O9/c1-2-46-30(39)20-34-33(42)31(40)28(22-45-21-25-11-7-4-8-12-25)36-32(41)27(19-24-9-5-3-6-10-24)35-29(38)18-15-23-13-16-26(17-14-23)37(43)44/h4,7-8,11-18,24,27-28H,2-3,5-6,9-10,19-22H2,1H3,(H,34,42)(H,35,38)(H,36,41)/b18-15+/t27-,28-/m0/s1. The van der Waals surface area contributed by atoms with E-state index in [1.807, 2.05) is 30.3 Å². The van der Waals surface area contributed by atoms with E-state index in [0.29, 0.717) is 12.0 Å². The smallest absolute Gasteiger partial charge is 0.325 e. The SMILES string of the molecule is CCOC(=O)CNC(=O)C(=O)[C@H](COCc1ccccc1)NC(=O)[C@H](CC1CCCCC1)NC(=O)/C=C/c1ccc([N+](=O)[O-])cc1. The molecule has 0 bridgehead atoms. The maximum absolute atomic E-state index is 13.6. The van der Waals surface area contributed by atoms with Gasteiger partial charge in [-0.3, -0.25) is 34.1 Å². The van der Waals surface area contributed by atoms with Crippen molar-refractivity contribution in [3.05, 3.63) is 81.9 Å². The number of amides is 3. The molecule has 3 N–H and O–H groups in total. The molecule has 3 amide bonds. The number of nitro benzene ring substituents is 1. The molecule has 2 aromatic carbocycles. The second-order valence-corrected chi connectivity index (χ2v) is 10.9. The number of Topliss-reactive ketones (excluding diaryl/α,β-unsaturated/α-hetero) is 1. The number of nitrogens with one attached hydrogen (secondary N) is 3. The monoisotopic (exact) mass is 636 g/mol. The lowest BCUT2D eigenvalue weighted by Crippen LogP contribution is -2.55. The molecule has 13 heteroatoms. The first-order chi connectivity index (χ1) is 22.2. The molecule has 2 aromatic rings. The number of hydrogen-bond donors (Lipinski definition) is 3. The Hall–Kier alpha value is -4.91.